The van der Waals surface area contributed by atoms with Crippen LogP contribution < -0.4 is 14.8 Å². The van der Waals surface area contributed by atoms with E-state index in [1.54, 1.807) is 49.4 Å². The summed E-state index contributed by atoms with van der Waals surface area (Å²) in [6.45, 7) is 0. The molecule has 6 heteroatoms. The standard InChI is InChI=1S/C17H17N3O3/c1-20-13(17(21)19-11-5-4-8-18-10-11)9-12-14(22-2)6-7-15(23-3)16(12)20/h4-10H,1-3H3,(H,19,21). The van der Waals surface area contributed by atoms with Crippen molar-refractivity contribution in [2.24, 2.45) is 7.05 Å². The summed E-state index contributed by atoms with van der Waals surface area (Å²) in [7, 11) is 5.02. The number of amides is 1. The fourth-order valence-corrected chi connectivity index (χ4v) is 2.60. The maximum absolute atomic E-state index is 12.6. The van der Waals surface area contributed by atoms with E-state index in [9.17, 15) is 4.79 Å². The summed E-state index contributed by atoms with van der Waals surface area (Å²) >= 11 is 0. The highest BCUT2D eigenvalue weighted by molar-refractivity contribution is 6.08. The lowest BCUT2D eigenvalue weighted by Crippen LogP contribution is -2.15. The maximum atomic E-state index is 12.6. The molecular formula is C17H17N3O3. The van der Waals surface area contributed by atoms with Crippen molar-refractivity contribution < 1.29 is 14.3 Å². The van der Waals surface area contributed by atoms with Gasteiger partial charge in [-0.1, -0.05) is 0 Å². The Morgan fingerprint density at radius 2 is 1.91 bits per heavy atom. The average Bonchev–Trinajstić information content (AvgIpc) is 2.93. The van der Waals surface area contributed by atoms with Crippen molar-refractivity contribution >= 4 is 22.5 Å². The van der Waals surface area contributed by atoms with Crippen LogP contribution in [0.25, 0.3) is 10.9 Å². The molecule has 0 saturated heterocycles. The van der Waals surface area contributed by atoms with Crippen LogP contribution in [0.15, 0.2) is 42.7 Å². The summed E-state index contributed by atoms with van der Waals surface area (Å²) in [6, 6.07) is 8.99. The summed E-state index contributed by atoms with van der Waals surface area (Å²) < 4.78 is 12.6. The molecule has 3 aromatic rings. The Kier molecular flexibility index (Phi) is 3.89. The number of carbonyl (C=O) groups is 1. The van der Waals surface area contributed by atoms with Gasteiger partial charge in [-0.25, -0.2) is 0 Å². The van der Waals surface area contributed by atoms with Crippen LogP contribution >= 0.6 is 0 Å². The third-order valence-electron chi connectivity index (χ3n) is 3.71. The number of ether oxygens (including phenoxy) is 2. The first kappa shape index (κ1) is 14.9. The lowest BCUT2D eigenvalue weighted by atomic mass is 10.2. The number of fused-ring (bicyclic) bond motifs is 1. The van der Waals surface area contributed by atoms with Gasteiger partial charge in [-0.05, 0) is 30.3 Å². The van der Waals surface area contributed by atoms with Crippen molar-refractivity contribution in [1.82, 2.24) is 9.55 Å². The van der Waals surface area contributed by atoms with Crippen LogP contribution in [-0.2, 0) is 7.05 Å². The minimum absolute atomic E-state index is 0.221. The Morgan fingerprint density at radius 3 is 2.57 bits per heavy atom. The number of hydrogen-bond acceptors (Lipinski definition) is 4. The zero-order valence-corrected chi connectivity index (χ0v) is 13.2. The normalized spacial score (nSPS) is 10.6. The first-order valence-electron chi connectivity index (χ1n) is 7.07. The van der Waals surface area contributed by atoms with Crippen LogP contribution in [-0.4, -0.2) is 29.7 Å². The smallest absolute Gasteiger partial charge is 0.272 e. The number of carbonyl (C=O) groups excluding carboxylic acids is 1. The number of rotatable bonds is 4. The SMILES string of the molecule is COc1ccc(OC)c2c1cc(C(=O)Nc1cccnc1)n2C. The summed E-state index contributed by atoms with van der Waals surface area (Å²) in [5, 5.41) is 3.66. The number of benzene rings is 1. The minimum atomic E-state index is -0.221. The molecule has 0 spiro atoms. The molecule has 0 fully saturated rings. The number of nitrogens with zero attached hydrogens (tertiary/aromatic N) is 2. The summed E-state index contributed by atoms with van der Waals surface area (Å²) in [4.78, 5) is 16.6. The van der Waals surface area contributed by atoms with Crippen molar-refractivity contribution in [2.45, 2.75) is 0 Å². The van der Waals surface area contributed by atoms with Crippen molar-refractivity contribution in [3.05, 3.63) is 48.4 Å². The molecular weight excluding hydrogens is 294 g/mol. The van der Waals surface area contributed by atoms with Gasteiger partial charge in [0.05, 0.1) is 31.6 Å². The van der Waals surface area contributed by atoms with E-state index < -0.39 is 0 Å². The van der Waals surface area contributed by atoms with E-state index in [0.717, 1.165) is 10.9 Å². The van der Waals surface area contributed by atoms with Crippen molar-refractivity contribution in [3.63, 3.8) is 0 Å². The van der Waals surface area contributed by atoms with Crippen LogP contribution in [0.1, 0.15) is 10.5 Å². The molecule has 0 aliphatic rings. The van der Waals surface area contributed by atoms with E-state index in [4.69, 9.17) is 9.47 Å². The number of nitrogens with one attached hydrogen (secondary N) is 1. The first-order valence-corrected chi connectivity index (χ1v) is 7.07. The van der Waals surface area contributed by atoms with Gasteiger partial charge >= 0.3 is 0 Å². The highest BCUT2D eigenvalue weighted by Crippen LogP contribution is 2.35. The van der Waals surface area contributed by atoms with E-state index in [0.29, 0.717) is 22.9 Å². The molecule has 6 nitrogen and oxygen atoms in total. The van der Waals surface area contributed by atoms with Crippen molar-refractivity contribution in [1.29, 1.82) is 0 Å². The second-order valence-electron chi connectivity index (χ2n) is 5.02. The molecule has 1 N–H and O–H groups in total. The van der Waals surface area contributed by atoms with Gasteiger partial charge in [-0.15, -0.1) is 0 Å². The lowest BCUT2D eigenvalue weighted by Gasteiger charge is -2.09. The number of aryl methyl sites for hydroxylation is 1. The summed E-state index contributed by atoms with van der Waals surface area (Å²) in [6.07, 6.45) is 3.25. The van der Waals surface area contributed by atoms with E-state index >= 15 is 0 Å². The molecule has 0 atom stereocenters. The predicted molar refractivity (Wildman–Crippen MR) is 88.2 cm³/mol. The van der Waals surface area contributed by atoms with Gasteiger partial charge in [-0.2, -0.15) is 0 Å². The molecule has 1 amide bonds. The first-order chi connectivity index (χ1) is 11.2. The van der Waals surface area contributed by atoms with Crippen LogP contribution in [0.4, 0.5) is 5.69 Å². The molecule has 118 valence electrons. The van der Waals surface area contributed by atoms with Gasteiger partial charge in [0.25, 0.3) is 5.91 Å². The molecule has 0 radical (unpaired) electrons. The van der Waals surface area contributed by atoms with Gasteiger partial charge in [0.15, 0.2) is 0 Å². The van der Waals surface area contributed by atoms with E-state index in [2.05, 4.69) is 10.3 Å². The number of anilines is 1. The Labute approximate surface area is 133 Å². The Morgan fingerprint density at radius 1 is 1.17 bits per heavy atom. The minimum Gasteiger partial charge on any atom is -0.496 e. The Hall–Kier alpha value is -3.02. The largest absolute Gasteiger partial charge is 0.496 e. The molecule has 1 aromatic carbocycles. The van der Waals surface area contributed by atoms with Crippen LogP contribution in [0.5, 0.6) is 11.5 Å². The van der Waals surface area contributed by atoms with Crippen molar-refractivity contribution in [3.8, 4) is 11.5 Å². The van der Waals surface area contributed by atoms with Gasteiger partial charge in [-0.3, -0.25) is 9.78 Å². The van der Waals surface area contributed by atoms with E-state index in [-0.39, 0.29) is 5.91 Å². The molecule has 0 bridgehead atoms. The Balaban J connectivity index is 2.08. The van der Waals surface area contributed by atoms with Crippen molar-refractivity contribution in [2.75, 3.05) is 19.5 Å². The van der Waals surface area contributed by atoms with Crippen LogP contribution in [0, 0.1) is 0 Å². The number of aromatic nitrogens is 2. The molecule has 3 rings (SSSR count). The topological polar surface area (TPSA) is 65.4 Å². The monoisotopic (exact) mass is 311 g/mol. The fraction of sp³-hybridized carbons (Fsp3) is 0.176. The number of methoxy groups -OCH3 is 2. The summed E-state index contributed by atoms with van der Waals surface area (Å²) in [5.74, 6) is 1.15. The fourth-order valence-electron chi connectivity index (χ4n) is 2.60. The highest BCUT2D eigenvalue weighted by Gasteiger charge is 2.19. The van der Waals surface area contributed by atoms with E-state index in [1.165, 1.54) is 0 Å². The number of hydrogen-bond donors (Lipinski definition) is 1. The van der Waals surface area contributed by atoms with Gasteiger partial charge in [0, 0.05) is 18.6 Å². The third kappa shape index (κ3) is 2.59. The average molecular weight is 311 g/mol. The second kappa shape index (κ2) is 6.00. The van der Waals surface area contributed by atoms with Gasteiger partial charge < -0.3 is 19.4 Å². The molecule has 23 heavy (non-hydrogen) atoms. The third-order valence-corrected chi connectivity index (χ3v) is 3.71. The quantitative estimate of drug-likeness (QED) is 0.804. The molecule has 0 aliphatic heterocycles. The molecule has 2 heterocycles. The molecule has 0 unspecified atom stereocenters. The molecule has 2 aromatic heterocycles. The van der Waals surface area contributed by atoms with Gasteiger partial charge in [0.2, 0.25) is 0 Å². The van der Waals surface area contributed by atoms with Crippen LogP contribution in [0.2, 0.25) is 0 Å². The lowest BCUT2D eigenvalue weighted by molar-refractivity contribution is 0.101. The maximum Gasteiger partial charge on any atom is 0.272 e. The second-order valence-corrected chi connectivity index (χ2v) is 5.02. The van der Waals surface area contributed by atoms with Gasteiger partial charge in [0.1, 0.15) is 17.2 Å². The summed E-state index contributed by atoms with van der Waals surface area (Å²) in [5.41, 5.74) is 1.96. The zero-order chi connectivity index (χ0) is 16.4. The molecule has 0 saturated carbocycles. The Bertz CT molecular complexity index is 856. The number of pyridine rings is 1. The highest BCUT2D eigenvalue weighted by atomic mass is 16.5. The molecule has 0 aliphatic carbocycles. The zero-order valence-electron chi connectivity index (χ0n) is 13.2. The van der Waals surface area contributed by atoms with Crippen LogP contribution in [0.3, 0.4) is 0 Å². The predicted octanol–water partition coefficient (Wildman–Crippen LogP) is 2.84. The van der Waals surface area contributed by atoms with E-state index in [1.807, 2.05) is 19.2 Å².